The summed E-state index contributed by atoms with van der Waals surface area (Å²) < 4.78 is 57.2. The van der Waals surface area contributed by atoms with Gasteiger partial charge in [0.25, 0.3) is 0 Å². The second-order valence-electron chi connectivity index (χ2n) is 14.2. The molecule has 0 radical (unpaired) electrons. The number of aliphatic hydroxyl groups is 2. The highest BCUT2D eigenvalue weighted by Gasteiger charge is 2.38. The van der Waals surface area contributed by atoms with Crippen molar-refractivity contribution < 1.29 is 46.5 Å². The number of hydrogen-bond donors (Lipinski definition) is 4. The Hall–Kier alpha value is -4.93. The van der Waals surface area contributed by atoms with Crippen molar-refractivity contribution in [1.82, 2.24) is 25.4 Å². The molecule has 16 heteroatoms. The van der Waals surface area contributed by atoms with Crippen molar-refractivity contribution in [2.45, 2.75) is 49.9 Å². The lowest BCUT2D eigenvalue weighted by molar-refractivity contribution is -0.143. The third-order valence-corrected chi connectivity index (χ3v) is 10.3. The predicted octanol–water partition coefficient (Wildman–Crippen LogP) is 5.13. The van der Waals surface area contributed by atoms with E-state index in [1.807, 2.05) is 16.3 Å². The average molecular weight is 796 g/mol. The molecule has 2 aliphatic rings. The van der Waals surface area contributed by atoms with Crippen molar-refractivity contribution in [3.8, 4) is 17.1 Å². The Balaban J connectivity index is 1.07. The minimum absolute atomic E-state index is 0.0292. The number of benzene rings is 2. The molecule has 0 unspecified atom stereocenters. The monoisotopic (exact) mass is 795 g/mol. The van der Waals surface area contributed by atoms with Gasteiger partial charge in [0.2, 0.25) is 11.8 Å². The fraction of sp³-hybridized carbons (Fsp3) is 0.375. The van der Waals surface area contributed by atoms with E-state index in [2.05, 4.69) is 10.3 Å². The first-order chi connectivity index (χ1) is 26.9. The van der Waals surface area contributed by atoms with Crippen LogP contribution in [0.1, 0.15) is 29.5 Å². The van der Waals surface area contributed by atoms with E-state index in [0.29, 0.717) is 45.7 Å². The van der Waals surface area contributed by atoms with Crippen molar-refractivity contribution in [1.29, 1.82) is 0 Å². The molecule has 0 bridgehead atoms. The summed E-state index contributed by atoms with van der Waals surface area (Å²) in [6.45, 7) is -0.635. The normalized spacial score (nSPS) is 20.2. The van der Waals surface area contributed by atoms with Crippen molar-refractivity contribution >= 4 is 34.4 Å². The molecule has 2 aromatic carbocycles. The van der Waals surface area contributed by atoms with E-state index in [1.165, 1.54) is 0 Å². The Morgan fingerprint density at radius 1 is 1.02 bits per heavy atom. The second-order valence-corrected chi connectivity index (χ2v) is 14.6. The van der Waals surface area contributed by atoms with Crippen LogP contribution in [0.25, 0.3) is 22.3 Å². The van der Waals surface area contributed by atoms with E-state index in [4.69, 9.17) is 25.2 Å². The number of halogens is 4. The number of para-hydroxylation sites is 1. The molecule has 5 heterocycles. The van der Waals surface area contributed by atoms with Gasteiger partial charge in [-0.3, -0.25) is 24.4 Å². The van der Waals surface area contributed by atoms with Crippen LogP contribution in [0.15, 0.2) is 94.0 Å². The maximum absolute atomic E-state index is 14.1. The SMILES string of the molecule is O=C(N[C@H]1c2ccccc2OC[C@H]1O)[C@@H](Cc1cc2ccncc2o1)C[C@H](O)CN1CCN(Cc2ccc(-c3cccc(Cl)c3)o2)C[C@H]1C(=O)NCC(F)(F)F. The molecule has 0 aliphatic carbocycles. The van der Waals surface area contributed by atoms with Crippen LogP contribution in [-0.2, 0) is 22.6 Å². The number of pyridine rings is 1. The number of nitrogens with zero attached hydrogens (tertiary/aromatic N) is 3. The van der Waals surface area contributed by atoms with Gasteiger partial charge in [-0.1, -0.05) is 41.9 Å². The number of alkyl halides is 3. The summed E-state index contributed by atoms with van der Waals surface area (Å²) >= 11 is 6.14. The summed E-state index contributed by atoms with van der Waals surface area (Å²) in [6.07, 6.45) is -3.66. The van der Waals surface area contributed by atoms with Crippen LogP contribution in [0.4, 0.5) is 13.2 Å². The van der Waals surface area contributed by atoms with Gasteiger partial charge in [0, 0.05) is 66.3 Å². The molecule has 1 fully saturated rings. The average Bonchev–Trinajstić information content (AvgIpc) is 3.82. The number of ether oxygens (including phenoxy) is 1. The van der Waals surface area contributed by atoms with Gasteiger partial charge < -0.3 is 34.4 Å². The quantitative estimate of drug-likeness (QED) is 0.126. The highest BCUT2D eigenvalue weighted by molar-refractivity contribution is 6.30. The first-order valence-corrected chi connectivity index (χ1v) is 18.6. The Morgan fingerprint density at radius 2 is 1.86 bits per heavy atom. The molecular formula is C40H41ClF3N5O7. The molecule has 296 valence electrons. The largest absolute Gasteiger partial charge is 0.490 e. The zero-order valence-corrected chi connectivity index (χ0v) is 30.9. The molecule has 5 atom stereocenters. The van der Waals surface area contributed by atoms with Gasteiger partial charge in [0.15, 0.2) is 5.58 Å². The fourth-order valence-electron chi connectivity index (χ4n) is 7.31. The number of carbonyl (C=O) groups is 2. The van der Waals surface area contributed by atoms with E-state index >= 15 is 0 Å². The lowest BCUT2D eigenvalue weighted by Crippen LogP contribution is -2.60. The number of aromatic nitrogens is 1. The summed E-state index contributed by atoms with van der Waals surface area (Å²) in [5, 5.41) is 28.7. The van der Waals surface area contributed by atoms with Crippen LogP contribution in [0, 0.1) is 5.92 Å². The molecule has 12 nitrogen and oxygen atoms in total. The van der Waals surface area contributed by atoms with Crippen LogP contribution >= 0.6 is 11.6 Å². The van der Waals surface area contributed by atoms with Gasteiger partial charge in [-0.25, -0.2) is 0 Å². The maximum atomic E-state index is 14.1. The third-order valence-electron chi connectivity index (χ3n) is 10.0. The third kappa shape index (κ3) is 9.71. The van der Waals surface area contributed by atoms with Crippen LogP contribution in [0.5, 0.6) is 5.75 Å². The Labute approximate surface area is 325 Å². The van der Waals surface area contributed by atoms with Gasteiger partial charge >= 0.3 is 6.18 Å². The van der Waals surface area contributed by atoms with E-state index in [9.17, 15) is 33.0 Å². The summed E-state index contributed by atoms with van der Waals surface area (Å²) in [7, 11) is 0. The fourth-order valence-corrected chi connectivity index (χ4v) is 7.50. The zero-order chi connectivity index (χ0) is 39.4. The number of aliphatic hydroxyl groups excluding tert-OH is 2. The van der Waals surface area contributed by atoms with E-state index in [0.717, 1.165) is 10.9 Å². The highest BCUT2D eigenvalue weighted by Crippen LogP contribution is 2.33. The lowest BCUT2D eigenvalue weighted by atomic mass is 9.92. The molecule has 0 saturated carbocycles. The van der Waals surface area contributed by atoms with E-state index in [1.54, 1.807) is 84.0 Å². The summed E-state index contributed by atoms with van der Waals surface area (Å²) in [5.41, 5.74) is 1.91. The highest BCUT2D eigenvalue weighted by atomic mass is 35.5. The molecule has 56 heavy (non-hydrogen) atoms. The number of β-amino-alcohol motifs (C(OH)–C–C–N with tert-alkyl or cyclic N) is 1. The Morgan fingerprint density at radius 3 is 2.66 bits per heavy atom. The van der Waals surface area contributed by atoms with Crippen LogP contribution < -0.4 is 15.4 Å². The molecule has 7 rings (SSSR count). The van der Waals surface area contributed by atoms with Crippen molar-refractivity contribution in [2.24, 2.45) is 5.92 Å². The molecular weight excluding hydrogens is 755 g/mol. The van der Waals surface area contributed by atoms with Crippen LogP contribution in [0.3, 0.4) is 0 Å². The number of carbonyl (C=O) groups excluding carboxylic acids is 2. The van der Waals surface area contributed by atoms with Gasteiger partial charge in [-0.2, -0.15) is 13.2 Å². The second kappa shape index (κ2) is 17.1. The van der Waals surface area contributed by atoms with Gasteiger partial charge in [0.1, 0.15) is 48.3 Å². The molecule has 3 aromatic heterocycles. The molecule has 0 spiro atoms. The predicted molar refractivity (Wildman–Crippen MR) is 200 cm³/mol. The molecule has 4 N–H and O–H groups in total. The number of furan rings is 2. The molecule has 2 amide bonds. The summed E-state index contributed by atoms with van der Waals surface area (Å²) in [4.78, 5) is 35.1. The Bertz CT molecular complexity index is 2110. The van der Waals surface area contributed by atoms with Gasteiger partial charge in [0.05, 0.1) is 24.9 Å². The van der Waals surface area contributed by atoms with Crippen LogP contribution in [0.2, 0.25) is 5.02 Å². The number of rotatable bonds is 13. The number of fused-ring (bicyclic) bond motifs is 2. The van der Waals surface area contributed by atoms with E-state index in [-0.39, 0.29) is 45.6 Å². The lowest BCUT2D eigenvalue weighted by Gasteiger charge is -2.41. The number of piperazine rings is 1. The Kier molecular flexibility index (Phi) is 12.0. The molecule has 5 aromatic rings. The molecule has 2 aliphatic heterocycles. The zero-order valence-electron chi connectivity index (χ0n) is 30.1. The smallest absolute Gasteiger partial charge is 0.405 e. The van der Waals surface area contributed by atoms with Gasteiger partial charge in [-0.05, 0) is 48.9 Å². The topological polar surface area (TPSA) is 154 Å². The minimum Gasteiger partial charge on any atom is -0.490 e. The molecule has 1 saturated heterocycles. The first kappa shape index (κ1) is 39.3. The van der Waals surface area contributed by atoms with E-state index < -0.39 is 54.7 Å². The van der Waals surface area contributed by atoms with Crippen LogP contribution in [-0.4, -0.2) is 101 Å². The van der Waals surface area contributed by atoms with Crippen molar-refractivity contribution in [3.63, 3.8) is 0 Å². The summed E-state index contributed by atoms with van der Waals surface area (Å²) in [5.74, 6) is 0.0356. The van der Waals surface area contributed by atoms with Gasteiger partial charge in [-0.15, -0.1) is 0 Å². The number of hydrogen-bond acceptors (Lipinski definition) is 10. The summed E-state index contributed by atoms with van der Waals surface area (Å²) in [6, 6.07) is 19.6. The standard InChI is InChI=1S/C40H41ClF3N5O7/c41-27-5-3-4-24(14-27)34-9-8-29(55-34)20-48-12-13-49(32(21-48)39(53)46-23-40(42,43)44)19-28(50)15-26(17-30-16-25-10-11-45-18-36(25)56-30)38(52)47-37-31-6-1-2-7-35(31)54-22-33(37)51/h1-11,14,16,18,26,28,32-33,37,50-51H,12-13,15,17,19-23H2,(H,46,53)(H,47,52)/t26-,28+,32+,33-,37+/m1/s1. The van der Waals surface area contributed by atoms with Crippen molar-refractivity contribution in [3.05, 3.63) is 107 Å². The first-order valence-electron chi connectivity index (χ1n) is 18.2. The maximum Gasteiger partial charge on any atom is 0.405 e. The number of nitrogens with one attached hydrogen (secondary N) is 2. The van der Waals surface area contributed by atoms with Crippen molar-refractivity contribution in [2.75, 3.05) is 39.3 Å². The number of amides is 2. The minimum atomic E-state index is -4.62.